The molecule has 0 heterocycles. The predicted molar refractivity (Wildman–Crippen MR) is 63.4 cm³/mol. The Bertz CT molecular complexity index is 494. The van der Waals surface area contributed by atoms with Crippen LogP contribution in [0.1, 0.15) is 24.8 Å². The molecule has 0 bridgehead atoms. The van der Waals surface area contributed by atoms with Crippen LogP contribution in [0.25, 0.3) is 0 Å². The molecule has 0 saturated carbocycles. The minimum Gasteiger partial charge on any atom is -0.281 e. The molecule has 0 radical (unpaired) electrons. The molecule has 0 spiro atoms. The first kappa shape index (κ1) is 13.2. The smallest absolute Gasteiger partial charge is 0.222 e. The lowest BCUT2D eigenvalue weighted by molar-refractivity contribution is -0.111. The van der Waals surface area contributed by atoms with E-state index >= 15 is 0 Å². The average Bonchev–Trinajstić information content (AvgIpc) is 2.15. The Morgan fingerprint density at radius 3 is 2.44 bits per heavy atom. The first-order chi connectivity index (χ1) is 7.32. The first-order valence-corrected chi connectivity index (χ1v) is 7.06. The second-order valence-corrected chi connectivity index (χ2v) is 6.18. The van der Waals surface area contributed by atoms with Crippen LogP contribution in [-0.2, 0) is 14.6 Å². The lowest BCUT2D eigenvalue weighted by atomic mass is 9.98. The van der Waals surface area contributed by atoms with E-state index in [4.69, 9.17) is 11.6 Å². The van der Waals surface area contributed by atoms with Crippen molar-refractivity contribution in [1.82, 2.24) is 0 Å². The molecule has 0 fully saturated rings. The zero-order chi connectivity index (χ0) is 12.3. The molecule has 0 N–H and O–H groups in total. The third-order valence-electron chi connectivity index (χ3n) is 2.32. The second kappa shape index (κ2) is 4.97. The summed E-state index contributed by atoms with van der Waals surface area (Å²) in [5, 5.41) is -0.462. The van der Waals surface area contributed by atoms with Gasteiger partial charge in [0, 0.05) is 12.7 Å². The maximum atomic E-state index is 11.5. The van der Waals surface area contributed by atoms with Gasteiger partial charge in [-0.15, -0.1) is 0 Å². The molecule has 1 atom stereocenters. The standard InChI is InChI=1S/C11H13ClO3S/c1-8(7-11(12)13)9-5-3-4-6-10(9)16(2,14)15/h3-6,8H,7H2,1-2H3. The molecule has 16 heavy (non-hydrogen) atoms. The number of carbonyl (C=O) groups excluding carboxylic acids is 1. The Morgan fingerprint density at radius 1 is 1.38 bits per heavy atom. The summed E-state index contributed by atoms with van der Waals surface area (Å²) in [4.78, 5) is 11.1. The van der Waals surface area contributed by atoms with Crippen LogP contribution in [0.4, 0.5) is 0 Å². The molecule has 0 aliphatic rings. The Kier molecular flexibility index (Phi) is 4.10. The number of hydrogen-bond acceptors (Lipinski definition) is 3. The summed E-state index contributed by atoms with van der Waals surface area (Å²) >= 11 is 5.30. The van der Waals surface area contributed by atoms with Crippen molar-refractivity contribution in [2.24, 2.45) is 0 Å². The molecule has 0 amide bonds. The summed E-state index contributed by atoms with van der Waals surface area (Å²) in [6.45, 7) is 1.78. The Labute approximate surface area is 100 Å². The van der Waals surface area contributed by atoms with Crippen LogP contribution < -0.4 is 0 Å². The van der Waals surface area contributed by atoms with Crippen LogP contribution in [0.15, 0.2) is 29.2 Å². The van der Waals surface area contributed by atoms with Crippen LogP contribution in [0.5, 0.6) is 0 Å². The molecule has 1 aromatic carbocycles. The van der Waals surface area contributed by atoms with Crippen LogP contribution in [0.2, 0.25) is 0 Å². The third kappa shape index (κ3) is 3.32. The summed E-state index contributed by atoms with van der Waals surface area (Å²) in [5.41, 5.74) is 0.638. The molecule has 5 heteroatoms. The van der Waals surface area contributed by atoms with Gasteiger partial charge in [-0.05, 0) is 29.1 Å². The average molecular weight is 261 g/mol. The van der Waals surface area contributed by atoms with E-state index in [-0.39, 0.29) is 17.2 Å². The van der Waals surface area contributed by atoms with Crippen molar-refractivity contribution in [2.45, 2.75) is 24.2 Å². The van der Waals surface area contributed by atoms with E-state index in [1.165, 1.54) is 0 Å². The molecule has 88 valence electrons. The maximum Gasteiger partial charge on any atom is 0.222 e. The zero-order valence-corrected chi connectivity index (χ0v) is 10.7. The predicted octanol–water partition coefficient (Wildman–Crippen LogP) is 2.35. The normalized spacial score (nSPS) is 13.4. The van der Waals surface area contributed by atoms with Crippen molar-refractivity contribution in [2.75, 3.05) is 6.26 Å². The summed E-state index contributed by atoms with van der Waals surface area (Å²) in [5.74, 6) is -0.198. The van der Waals surface area contributed by atoms with Gasteiger partial charge in [0.15, 0.2) is 9.84 Å². The zero-order valence-electron chi connectivity index (χ0n) is 9.10. The van der Waals surface area contributed by atoms with Crippen molar-refractivity contribution in [3.63, 3.8) is 0 Å². The highest BCUT2D eigenvalue weighted by atomic mass is 35.5. The quantitative estimate of drug-likeness (QED) is 0.781. The van der Waals surface area contributed by atoms with Crippen molar-refractivity contribution in [3.05, 3.63) is 29.8 Å². The molecule has 1 unspecified atom stereocenters. The molecule has 3 nitrogen and oxygen atoms in total. The lowest BCUT2D eigenvalue weighted by Crippen LogP contribution is -2.06. The minimum atomic E-state index is -3.27. The SMILES string of the molecule is CC(CC(=O)Cl)c1ccccc1S(C)(=O)=O. The number of hydrogen-bond donors (Lipinski definition) is 0. The van der Waals surface area contributed by atoms with E-state index in [9.17, 15) is 13.2 Å². The minimum absolute atomic E-state index is 0.133. The van der Waals surface area contributed by atoms with Crippen molar-refractivity contribution in [1.29, 1.82) is 0 Å². The van der Waals surface area contributed by atoms with Crippen molar-refractivity contribution < 1.29 is 13.2 Å². The van der Waals surface area contributed by atoms with Crippen LogP contribution in [0.3, 0.4) is 0 Å². The van der Waals surface area contributed by atoms with E-state index in [0.29, 0.717) is 5.56 Å². The third-order valence-corrected chi connectivity index (χ3v) is 3.64. The van der Waals surface area contributed by atoms with E-state index in [2.05, 4.69) is 0 Å². The van der Waals surface area contributed by atoms with Gasteiger partial charge in [0.2, 0.25) is 5.24 Å². The van der Waals surface area contributed by atoms with Gasteiger partial charge in [-0.25, -0.2) is 8.42 Å². The molecular formula is C11H13ClO3S. The highest BCUT2D eigenvalue weighted by Gasteiger charge is 2.18. The highest BCUT2D eigenvalue weighted by molar-refractivity contribution is 7.90. The fraction of sp³-hybridized carbons (Fsp3) is 0.364. The van der Waals surface area contributed by atoms with Crippen LogP contribution >= 0.6 is 11.6 Å². The van der Waals surface area contributed by atoms with Gasteiger partial charge in [0.25, 0.3) is 0 Å². The van der Waals surface area contributed by atoms with Gasteiger partial charge in [0.05, 0.1) is 4.90 Å². The topological polar surface area (TPSA) is 51.2 Å². The van der Waals surface area contributed by atoms with E-state index < -0.39 is 15.1 Å². The summed E-state index contributed by atoms with van der Waals surface area (Å²) in [7, 11) is -3.27. The number of benzene rings is 1. The first-order valence-electron chi connectivity index (χ1n) is 4.79. The summed E-state index contributed by atoms with van der Waals surface area (Å²) < 4.78 is 23.1. The molecule has 0 saturated heterocycles. The Balaban J connectivity index is 3.19. The van der Waals surface area contributed by atoms with Crippen LogP contribution in [0, 0.1) is 0 Å². The van der Waals surface area contributed by atoms with Gasteiger partial charge in [-0.3, -0.25) is 4.79 Å². The Hall–Kier alpha value is -0.870. The van der Waals surface area contributed by atoms with Gasteiger partial charge in [0.1, 0.15) is 0 Å². The van der Waals surface area contributed by atoms with Gasteiger partial charge in [-0.2, -0.15) is 0 Å². The maximum absolute atomic E-state index is 11.5. The largest absolute Gasteiger partial charge is 0.281 e. The number of carbonyl (C=O) groups is 1. The van der Waals surface area contributed by atoms with Gasteiger partial charge < -0.3 is 0 Å². The van der Waals surface area contributed by atoms with Crippen molar-refractivity contribution >= 4 is 26.7 Å². The van der Waals surface area contributed by atoms with Gasteiger partial charge in [-0.1, -0.05) is 25.1 Å². The summed E-state index contributed by atoms with van der Waals surface area (Å²) in [6, 6.07) is 6.66. The molecule has 1 rings (SSSR count). The van der Waals surface area contributed by atoms with E-state index in [0.717, 1.165) is 6.26 Å². The van der Waals surface area contributed by atoms with E-state index in [1.807, 2.05) is 0 Å². The molecular weight excluding hydrogens is 248 g/mol. The second-order valence-electron chi connectivity index (χ2n) is 3.77. The highest BCUT2D eigenvalue weighted by Crippen LogP contribution is 2.26. The molecule has 1 aromatic rings. The monoisotopic (exact) mass is 260 g/mol. The number of halogens is 1. The molecule has 0 aromatic heterocycles. The van der Waals surface area contributed by atoms with E-state index in [1.54, 1.807) is 31.2 Å². The Morgan fingerprint density at radius 2 is 1.94 bits per heavy atom. The van der Waals surface area contributed by atoms with Crippen LogP contribution in [-0.4, -0.2) is 19.9 Å². The summed E-state index contributed by atoms with van der Waals surface area (Å²) in [6.07, 6.45) is 1.29. The number of sulfone groups is 1. The molecule has 0 aliphatic heterocycles. The van der Waals surface area contributed by atoms with Crippen molar-refractivity contribution in [3.8, 4) is 0 Å². The fourth-order valence-corrected chi connectivity index (χ4v) is 2.83. The lowest BCUT2D eigenvalue weighted by Gasteiger charge is -2.13. The van der Waals surface area contributed by atoms with Gasteiger partial charge >= 0.3 is 0 Å². The molecule has 0 aliphatic carbocycles. The fourth-order valence-electron chi connectivity index (χ4n) is 1.58. The number of rotatable bonds is 4.